The summed E-state index contributed by atoms with van der Waals surface area (Å²) >= 11 is 0. The lowest BCUT2D eigenvalue weighted by Gasteiger charge is -2.62. The van der Waals surface area contributed by atoms with Crippen LogP contribution in [0.3, 0.4) is 0 Å². The van der Waals surface area contributed by atoms with Gasteiger partial charge in [-0.25, -0.2) is 0 Å². The first kappa shape index (κ1) is 40.2. The Morgan fingerprint density at radius 3 is 2.50 bits per heavy atom. The van der Waals surface area contributed by atoms with E-state index in [1.807, 2.05) is 38.4 Å². The molecule has 4 N–H and O–H groups in total. The van der Waals surface area contributed by atoms with Crippen LogP contribution >= 0.6 is 0 Å². The molecule has 3 saturated carbocycles. The van der Waals surface area contributed by atoms with Crippen LogP contribution in [-0.4, -0.2) is 103 Å². The lowest BCUT2D eigenvalue weighted by atomic mass is 9.45. The fourth-order valence-corrected chi connectivity index (χ4v) is 9.77. The van der Waals surface area contributed by atoms with Crippen LogP contribution in [0.4, 0.5) is 0 Å². The van der Waals surface area contributed by atoms with Crippen molar-refractivity contribution in [1.82, 2.24) is 20.6 Å². The summed E-state index contributed by atoms with van der Waals surface area (Å²) in [6.07, 6.45) is 1.23. The molecule has 298 valence electrons. The van der Waals surface area contributed by atoms with Crippen molar-refractivity contribution in [2.24, 2.45) is 34.5 Å². The minimum atomic E-state index is -0.911. The van der Waals surface area contributed by atoms with Gasteiger partial charge in [-0.3, -0.25) is 14.4 Å². The number of rotatable bonds is 13. The van der Waals surface area contributed by atoms with Crippen LogP contribution in [0.15, 0.2) is 30.3 Å². The molecule has 4 fully saturated rings. The third kappa shape index (κ3) is 7.95. The van der Waals surface area contributed by atoms with Crippen LogP contribution in [0.25, 0.3) is 11.1 Å². The van der Waals surface area contributed by atoms with Crippen molar-refractivity contribution in [2.45, 2.75) is 105 Å². The summed E-state index contributed by atoms with van der Waals surface area (Å²) in [7, 11) is 5.57. The zero-order chi connectivity index (χ0) is 39.3. The molecule has 2 bridgehead atoms. The fraction of sp³-hybridized carbons (Fsp3) is 0.667. The Kier molecular flexibility index (Phi) is 11.6. The first-order valence-electron chi connectivity index (χ1n) is 19.5. The van der Waals surface area contributed by atoms with Crippen molar-refractivity contribution in [3.05, 3.63) is 41.5 Å². The largest absolute Gasteiger partial charge is 0.496 e. The van der Waals surface area contributed by atoms with E-state index in [-0.39, 0.29) is 54.7 Å². The number of amides is 2. The molecule has 0 spiro atoms. The number of carbonyl (C=O) groups excluding carboxylic acids is 2. The van der Waals surface area contributed by atoms with E-state index in [9.17, 15) is 19.8 Å². The Bertz CT molecular complexity index is 1690. The minimum absolute atomic E-state index is 0.00212. The van der Waals surface area contributed by atoms with E-state index in [2.05, 4.69) is 57.1 Å². The van der Waals surface area contributed by atoms with Gasteiger partial charge in [-0.1, -0.05) is 59.7 Å². The highest BCUT2D eigenvalue weighted by atomic mass is 16.7. The van der Waals surface area contributed by atoms with Crippen molar-refractivity contribution >= 4 is 11.8 Å². The van der Waals surface area contributed by atoms with E-state index in [0.29, 0.717) is 58.2 Å². The number of ether oxygens (including phenoxy) is 3. The van der Waals surface area contributed by atoms with Crippen LogP contribution in [0.2, 0.25) is 0 Å². The molecule has 2 aliphatic heterocycles. The van der Waals surface area contributed by atoms with Gasteiger partial charge in [0.1, 0.15) is 17.9 Å². The Morgan fingerprint density at radius 2 is 1.89 bits per heavy atom. The molecule has 7 rings (SSSR count). The molecular formula is C42H62N4O8. The standard InChI is InChI=1S/C42H62N4O8/c1-23-31-16-27(42(31,6)7)17-32(23)44-40(50)36-35(24(2)48)34(21-47)54-46(36)19-25-12-11-13-29(37(25)51-10)26-14-30(38-33(15-26)52-22-53-38)39(49)43-28(20-45(8)9)18-41(3,4)5/h11-15,23-24,27-28,31-32,34-36,47-48H,16-22H2,1-10H3,(H,43,49)(H,44,50)/t23-,24-,27-,28-,31+,32-,34-,35+,36-/m0/s1. The fourth-order valence-electron chi connectivity index (χ4n) is 9.77. The number of aliphatic hydroxyl groups is 2. The summed E-state index contributed by atoms with van der Waals surface area (Å²) in [6.45, 7) is 15.5. The number of para-hydroxylation sites is 1. The second-order valence-corrected chi connectivity index (χ2v) is 18.2. The van der Waals surface area contributed by atoms with Crippen molar-refractivity contribution < 1.29 is 38.9 Å². The third-order valence-corrected chi connectivity index (χ3v) is 12.5. The molecule has 9 atom stereocenters. The van der Waals surface area contributed by atoms with Crippen molar-refractivity contribution in [3.8, 4) is 28.4 Å². The van der Waals surface area contributed by atoms with E-state index in [1.165, 1.54) is 6.42 Å². The highest BCUT2D eigenvalue weighted by molar-refractivity contribution is 6.00. The maximum Gasteiger partial charge on any atom is 0.255 e. The molecule has 0 radical (unpaired) electrons. The number of methoxy groups -OCH3 is 1. The van der Waals surface area contributed by atoms with E-state index in [1.54, 1.807) is 25.2 Å². The summed E-state index contributed by atoms with van der Waals surface area (Å²) in [5, 5.41) is 29.5. The lowest BCUT2D eigenvalue weighted by Crippen LogP contribution is -2.62. The van der Waals surface area contributed by atoms with Crippen molar-refractivity contribution in [2.75, 3.05) is 41.1 Å². The number of hydroxylamine groups is 2. The molecule has 5 aliphatic rings. The molecular weight excluding hydrogens is 688 g/mol. The van der Waals surface area contributed by atoms with Crippen LogP contribution in [0, 0.1) is 34.5 Å². The number of nitrogens with one attached hydrogen (secondary N) is 2. The molecule has 2 aromatic carbocycles. The van der Waals surface area contributed by atoms with Gasteiger partial charge < -0.3 is 40.0 Å². The van der Waals surface area contributed by atoms with Gasteiger partial charge in [-0.2, -0.15) is 5.06 Å². The van der Waals surface area contributed by atoms with Gasteiger partial charge in [0.15, 0.2) is 11.5 Å². The number of likely N-dealkylation sites (N-methyl/N-ethyl adjacent to an activating group) is 1. The van der Waals surface area contributed by atoms with Gasteiger partial charge in [0.25, 0.3) is 5.91 Å². The van der Waals surface area contributed by atoms with Crippen LogP contribution in [0.5, 0.6) is 17.2 Å². The predicted molar refractivity (Wildman–Crippen MR) is 206 cm³/mol. The number of benzene rings is 2. The minimum Gasteiger partial charge on any atom is -0.496 e. The second kappa shape index (κ2) is 15.6. The molecule has 12 nitrogen and oxygen atoms in total. The van der Waals surface area contributed by atoms with Crippen molar-refractivity contribution in [3.63, 3.8) is 0 Å². The summed E-state index contributed by atoms with van der Waals surface area (Å²) in [6, 6.07) is 8.45. The molecule has 54 heavy (non-hydrogen) atoms. The first-order chi connectivity index (χ1) is 25.4. The molecule has 1 saturated heterocycles. The normalized spacial score (nSPS) is 28.4. The molecule has 3 aliphatic carbocycles. The quantitative estimate of drug-likeness (QED) is 0.225. The van der Waals surface area contributed by atoms with E-state index < -0.39 is 24.2 Å². The molecule has 2 heterocycles. The maximum atomic E-state index is 14.3. The molecule has 12 heteroatoms. The Hall–Kier alpha value is -3.42. The van der Waals surface area contributed by atoms with E-state index >= 15 is 0 Å². The Balaban J connectivity index is 1.29. The molecule has 2 amide bonds. The molecule has 0 aromatic heterocycles. The zero-order valence-electron chi connectivity index (χ0n) is 33.8. The average Bonchev–Trinajstić information content (AvgIpc) is 3.72. The second-order valence-electron chi connectivity index (χ2n) is 18.2. The van der Waals surface area contributed by atoms with Gasteiger partial charge in [0.05, 0.1) is 31.9 Å². The van der Waals surface area contributed by atoms with Crippen molar-refractivity contribution in [1.29, 1.82) is 0 Å². The summed E-state index contributed by atoms with van der Waals surface area (Å²) in [5.41, 5.74) is 2.78. The van der Waals surface area contributed by atoms with Gasteiger partial charge in [0.2, 0.25) is 12.7 Å². The Morgan fingerprint density at radius 1 is 1.15 bits per heavy atom. The summed E-state index contributed by atoms with van der Waals surface area (Å²) in [4.78, 5) is 36.6. The van der Waals surface area contributed by atoms with Gasteiger partial charge in [-0.05, 0) is 86.6 Å². The molecule has 2 aromatic rings. The van der Waals surface area contributed by atoms with Gasteiger partial charge in [-0.15, -0.1) is 0 Å². The zero-order valence-corrected chi connectivity index (χ0v) is 33.8. The molecule has 0 unspecified atom stereocenters. The van der Waals surface area contributed by atoms with Gasteiger partial charge >= 0.3 is 0 Å². The smallest absolute Gasteiger partial charge is 0.255 e. The average molecular weight is 751 g/mol. The summed E-state index contributed by atoms with van der Waals surface area (Å²) < 4.78 is 17.7. The van der Waals surface area contributed by atoms with E-state index in [4.69, 9.17) is 19.0 Å². The van der Waals surface area contributed by atoms with Gasteiger partial charge in [0, 0.05) is 35.7 Å². The number of carbonyl (C=O) groups is 2. The predicted octanol–water partition coefficient (Wildman–Crippen LogP) is 4.85. The van der Waals surface area contributed by atoms with Crippen LogP contribution in [-0.2, 0) is 16.2 Å². The highest BCUT2D eigenvalue weighted by Crippen LogP contribution is 2.61. The Labute approximate surface area is 320 Å². The lowest BCUT2D eigenvalue weighted by molar-refractivity contribution is -0.183. The number of aliphatic hydroxyl groups excluding tert-OH is 2. The monoisotopic (exact) mass is 750 g/mol. The summed E-state index contributed by atoms with van der Waals surface area (Å²) in [5.74, 6) is 1.72. The third-order valence-electron chi connectivity index (χ3n) is 12.5. The first-order valence-corrected chi connectivity index (χ1v) is 19.5. The number of hydrogen-bond acceptors (Lipinski definition) is 10. The number of hydrogen-bond donors (Lipinski definition) is 4. The SMILES string of the molecule is COc1c(CN2O[C@@H](CO)[C@@H]([C@H](C)O)[C@H]2C(=O)N[C@H]2C[C@@H]3C[C@H]([C@@H]2C)C3(C)C)cccc1-c1cc2c(c(C(=O)N[C@H](CN(C)C)CC(C)(C)C)c1)OCO2. The number of fused-ring (bicyclic) bond motifs is 3. The maximum absolute atomic E-state index is 14.3. The van der Waals surface area contributed by atoms with Crippen LogP contribution < -0.4 is 24.8 Å². The van der Waals surface area contributed by atoms with Crippen LogP contribution in [0.1, 0.15) is 83.7 Å². The number of nitrogens with zero attached hydrogens (tertiary/aromatic N) is 2. The topological polar surface area (TPSA) is 142 Å². The highest BCUT2D eigenvalue weighted by Gasteiger charge is 2.57. The van der Waals surface area contributed by atoms with E-state index in [0.717, 1.165) is 18.4 Å².